The van der Waals surface area contributed by atoms with E-state index in [2.05, 4.69) is 12.2 Å². The lowest BCUT2D eigenvalue weighted by Gasteiger charge is -2.31. The van der Waals surface area contributed by atoms with Gasteiger partial charge in [-0.2, -0.15) is 0 Å². The first kappa shape index (κ1) is 26.8. The van der Waals surface area contributed by atoms with Gasteiger partial charge in [-0.05, 0) is 42.2 Å². The van der Waals surface area contributed by atoms with Gasteiger partial charge in [0.05, 0.1) is 5.75 Å². The van der Waals surface area contributed by atoms with Crippen molar-refractivity contribution in [3.05, 3.63) is 68.7 Å². The first-order valence-corrected chi connectivity index (χ1v) is 13.0. The van der Waals surface area contributed by atoms with Crippen LogP contribution in [0.15, 0.2) is 42.5 Å². The Hall–Kier alpha value is -1.40. The van der Waals surface area contributed by atoms with Crippen molar-refractivity contribution in [2.75, 3.05) is 12.3 Å². The van der Waals surface area contributed by atoms with Crippen LogP contribution in [0.4, 0.5) is 0 Å². The Morgan fingerprint density at radius 1 is 1.03 bits per heavy atom. The van der Waals surface area contributed by atoms with Crippen molar-refractivity contribution in [3.63, 3.8) is 0 Å². The molecule has 0 fully saturated rings. The molecule has 1 unspecified atom stereocenters. The molecule has 0 radical (unpaired) electrons. The number of amides is 2. The molecule has 0 saturated carbocycles. The third kappa shape index (κ3) is 8.18. The van der Waals surface area contributed by atoms with Crippen molar-refractivity contribution in [2.45, 2.75) is 51.4 Å². The zero-order valence-corrected chi connectivity index (χ0v) is 21.5. The monoisotopic (exact) mass is 514 g/mol. The zero-order valence-electron chi connectivity index (χ0n) is 18.4. The Kier molecular flexibility index (Phi) is 11.7. The molecular formula is C24H29Cl3N2O2S. The maximum absolute atomic E-state index is 13.3. The molecule has 2 aromatic carbocycles. The van der Waals surface area contributed by atoms with Crippen LogP contribution in [0.3, 0.4) is 0 Å². The van der Waals surface area contributed by atoms with Gasteiger partial charge in [0.25, 0.3) is 0 Å². The van der Waals surface area contributed by atoms with E-state index < -0.39 is 6.04 Å². The van der Waals surface area contributed by atoms with Crippen molar-refractivity contribution in [2.24, 2.45) is 0 Å². The summed E-state index contributed by atoms with van der Waals surface area (Å²) in [5.41, 5.74) is 1.73. The van der Waals surface area contributed by atoms with Gasteiger partial charge in [0.15, 0.2) is 0 Å². The topological polar surface area (TPSA) is 49.4 Å². The van der Waals surface area contributed by atoms with Crippen LogP contribution in [0.25, 0.3) is 0 Å². The molecule has 0 heterocycles. The van der Waals surface area contributed by atoms with Crippen LogP contribution >= 0.6 is 46.6 Å². The molecular weight excluding hydrogens is 487 g/mol. The van der Waals surface area contributed by atoms with Crippen LogP contribution in [-0.4, -0.2) is 35.1 Å². The first-order valence-electron chi connectivity index (χ1n) is 10.7. The second-order valence-electron chi connectivity index (χ2n) is 7.41. The molecule has 0 aliphatic rings. The molecule has 0 aromatic heterocycles. The van der Waals surface area contributed by atoms with Gasteiger partial charge < -0.3 is 10.2 Å². The standard InChI is InChI=1S/C24H29Cl3N2O2S/c1-3-5-12-28-24(31)22(4-2)29(14-17-8-6-7-9-20(17)26)23(30)16-32-15-18-10-11-19(25)13-21(18)27/h6-11,13,22H,3-5,12,14-16H2,1-2H3,(H,28,31). The first-order chi connectivity index (χ1) is 15.4. The average molecular weight is 516 g/mol. The van der Waals surface area contributed by atoms with Gasteiger partial charge >= 0.3 is 0 Å². The molecule has 0 aliphatic heterocycles. The minimum Gasteiger partial charge on any atom is -0.354 e. The maximum Gasteiger partial charge on any atom is 0.242 e. The summed E-state index contributed by atoms with van der Waals surface area (Å²) in [6, 6.07) is 12.2. The number of nitrogens with zero attached hydrogens (tertiary/aromatic N) is 1. The van der Waals surface area contributed by atoms with Crippen molar-refractivity contribution in [1.82, 2.24) is 10.2 Å². The summed E-state index contributed by atoms with van der Waals surface area (Å²) in [4.78, 5) is 27.8. The van der Waals surface area contributed by atoms with Gasteiger partial charge in [0, 0.05) is 33.9 Å². The van der Waals surface area contributed by atoms with E-state index in [1.54, 1.807) is 23.1 Å². The van der Waals surface area contributed by atoms with E-state index in [0.717, 1.165) is 24.0 Å². The number of nitrogens with one attached hydrogen (secondary N) is 1. The largest absolute Gasteiger partial charge is 0.354 e. The highest BCUT2D eigenvalue weighted by Crippen LogP contribution is 2.26. The van der Waals surface area contributed by atoms with Crippen LogP contribution in [-0.2, 0) is 21.9 Å². The molecule has 8 heteroatoms. The van der Waals surface area contributed by atoms with Crippen LogP contribution in [0.1, 0.15) is 44.2 Å². The summed E-state index contributed by atoms with van der Waals surface area (Å²) in [5.74, 6) is 0.549. The number of carbonyl (C=O) groups is 2. The summed E-state index contributed by atoms with van der Waals surface area (Å²) in [6.45, 7) is 4.86. The molecule has 32 heavy (non-hydrogen) atoms. The van der Waals surface area contributed by atoms with Crippen molar-refractivity contribution in [3.8, 4) is 0 Å². The number of benzene rings is 2. The number of thioether (sulfide) groups is 1. The number of unbranched alkanes of at least 4 members (excludes halogenated alkanes) is 1. The molecule has 174 valence electrons. The van der Waals surface area contributed by atoms with Gasteiger partial charge in [0.1, 0.15) is 6.04 Å². The summed E-state index contributed by atoms with van der Waals surface area (Å²) in [5, 5.41) is 4.69. The van der Waals surface area contributed by atoms with E-state index in [-0.39, 0.29) is 24.1 Å². The number of carbonyl (C=O) groups excluding carboxylic acids is 2. The predicted octanol–water partition coefficient (Wildman–Crippen LogP) is 6.60. The maximum atomic E-state index is 13.3. The van der Waals surface area contributed by atoms with Crippen molar-refractivity contribution in [1.29, 1.82) is 0 Å². The molecule has 2 rings (SSSR count). The molecule has 0 spiro atoms. The fourth-order valence-corrected chi connectivity index (χ4v) is 4.87. The third-order valence-corrected chi connectivity index (χ3v) is 6.93. The molecule has 1 atom stereocenters. The molecule has 0 saturated heterocycles. The summed E-state index contributed by atoms with van der Waals surface area (Å²) in [7, 11) is 0. The highest BCUT2D eigenvalue weighted by Gasteiger charge is 2.28. The van der Waals surface area contributed by atoms with Crippen molar-refractivity contribution >= 4 is 58.4 Å². The second-order valence-corrected chi connectivity index (χ2v) is 9.65. The molecule has 2 amide bonds. The lowest BCUT2D eigenvalue weighted by molar-refractivity contribution is -0.139. The third-order valence-electron chi connectivity index (χ3n) is 5.01. The number of hydrogen-bond donors (Lipinski definition) is 1. The quantitative estimate of drug-likeness (QED) is 0.324. The van der Waals surface area contributed by atoms with E-state index in [0.29, 0.717) is 33.8 Å². The Morgan fingerprint density at radius 3 is 2.44 bits per heavy atom. The van der Waals surface area contributed by atoms with E-state index in [1.807, 2.05) is 31.2 Å². The normalized spacial score (nSPS) is 11.8. The van der Waals surface area contributed by atoms with Gasteiger partial charge in [-0.1, -0.05) is 79.3 Å². The lowest BCUT2D eigenvalue weighted by Crippen LogP contribution is -2.49. The number of hydrogen-bond acceptors (Lipinski definition) is 3. The van der Waals surface area contributed by atoms with Crippen LogP contribution < -0.4 is 5.32 Å². The second kappa shape index (κ2) is 14.0. The SMILES string of the molecule is CCCCNC(=O)C(CC)N(Cc1ccccc1Cl)C(=O)CSCc1ccc(Cl)cc1Cl. The molecule has 1 N–H and O–H groups in total. The van der Waals surface area contributed by atoms with Gasteiger partial charge in [-0.15, -0.1) is 11.8 Å². The summed E-state index contributed by atoms with van der Waals surface area (Å²) < 4.78 is 0. The Morgan fingerprint density at radius 2 is 1.78 bits per heavy atom. The van der Waals surface area contributed by atoms with Gasteiger partial charge in [-0.3, -0.25) is 9.59 Å². The van der Waals surface area contributed by atoms with Crippen LogP contribution in [0.5, 0.6) is 0 Å². The van der Waals surface area contributed by atoms with Gasteiger partial charge in [0.2, 0.25) is 11.8 Å². The van der Waals surface area contributed by atoms with Gasteiger partial charge in [-0.25, -0.2) is 0 Å². The van der Waals surface area contributed by atoms with E-state index in [4.69, 9.17) is 34.8 Å². The summed E-state index contributed by atoms with van der Waals surface area (Å²) in [6.07, 6.45) is 2.41. The van der Waals surface area contributed by atoms with E-state index >= 15 is 0 Å². The average Bonchev–Trinajstić information content (AvgIpc) is 2.76. The number of rotatable bonds is 12. The highest BCUT2D eigenvalue weighted by molar-refractivity contribution is 7.99. The number of halogens is 3. The Bertz CT molecular complexity index is 911. The minimum atomic E-state index is -0.560. The fourth-order valence-electron chi connectivity index (χ4n) is 3.21. The zero-order chi connectivity index (χ0) is 23.5. The van der Waals surface area contributed by atoms with Crippen LogP contribution in [0.2, 0.25) is 15.1 Å². The highest BCUT2D eigenvalue weighted by atomic mass is 35.5. The Balaban J connectivity index is 2.13. The lowest BCUT2D eigenvalue weighted by atomic mass is 10.1. The molecule has 4 nitrogen and oxygen atoms in total. The van der Waals surface area contributed by atoms with E-state index in [9.17, 15) is 9.59 Å². The summed E-state index contributed by atoms with van der Waals surface area (Å²) >= 11 is 20.0. The smallest absolute Gasteiger partial charge is 0.242 e. The minimum absolute atomic E-state index is 0.113. The predicted molar refractivity (Wildman–Crippen MR) is 137 cm³/mol. The van der Waals surface area contributed by atoms with Crippen LogP contribution in [0, 0.1) is 0 Å². The van der Waals surface area contributed by atoms with Crippen molar-refractivity contribution < 1.29 is 9.59 Å². The molecule has 0 aliphatic carbocycles. The molecule has 2 aromatic rings. The Labute approximate surface area is 210 Å². The van der Waals surface area contributed by atoms with E-state index in [1.165, 1.54) is 11.8 Å². The fraction of sp³-hybridized carbons (Fsp3) is 0.417. The molecule has 0 bridgehead atoms.